The summed E-state index contributed by atoms with van der Waals surface area (Å²) in [5, 5.41) is 0. The highest BCUT2D eigenvalue weighted by Gasteiger charge is 2.22. The first kappa shape index (κ1) is 13.1. The third kappa shape index (κ3) is 4.42. The number of carbonyl (C=O) groups excluding carboxylic acids is 1. The number of ketones is 1. The van der Waals surface area contributed by atoms with E-state index in [1.807, 2.05) is 0 Å². The monoisotopic (exact) mass is 238 g/mol. The molecule has 0 heterocycles. The predicted octanol–water partition coefficient (Wildman–Crippen LogP) is 3.73. The van der Waals surface area contributed by atoms with Gasteiger partial charge in [0.15, 0.2) is 0 Å². The number of ether oxygens (including phenoxy) is 1. The van der Waals surface area contributed by atoms with E-state index in [0.29, 0.717) is 24.7 Å². The minimum atomic E-state index is 0.369. The van der Waals surface area contributed by atoms with Crippen molar-refractivity contribution in [3.8, 4) is 0 Å². The average molecular weight is 238 g/mol. The van der Waals surface area contributed by atoms with Crippen molar-refractivity contribution in [2.75, 3.05) is 13.2 Å². The van der Waals surface area contributed by atoms with Gasteiger partial charge in [-0.25, -0.2) is 0 Å². The summed E-state index contributed by atoms with van der Waals surface area (Å²) in [6.07, 6.45) is 12.2. The van der Waals surface area contributed by atoms with Gasteiger partial charge >= 0.3 is 0 Å². The molecule has 0 spiro atoms. The van der Waals surface area contributed by atoms with Gasteiger partial charge in [0, 0.05) is 18.9 Å². The molecule has 17 heavy (non-hydrogen) atoms. The molecule has 2 rings (SSSR count). The Bertz CT molecular complexity index is 225. The van der Waals surface area contributed by atoms with Crippen molar-refractivity contribution < 1.29 is 9.53 Å². The van der Waals surface area contributed by atoms with Crippen LogP contribution in [0, 0.1) is 11.8 Å². The van der Waals surface area contributed by atoms with Crippen LogP contribution in [0.15, 0.2) is 0 Å². The van der Waals surface area contributed by atoms with E-state index in [4.69, 9.17) is 4.74 Å². The fraction of sp³-hybridized carbons (Fsp3) is 0.933. The van der Waals surface area contributed by atoms with Crippen LogP contribution in [0.5, 0.6) is 0 Å². The van der Waals surface area contributed by atoms with Crippen LogP contribution in [0.1, 0.15) is 64.2 Å². The van der Waals surface area contributed by atoms with Crippen molar-refractivity contribution in [1.82, 2.24) is 0 Å². The second-order valence-corrected chi connectivity index (χ2v) is 5.75. The first-order valence-corrected chi connectivity index (χ1v) is 7.46. The fourth-order valence-corrected chi connectivity index (χ4v) is 3.28. The van der Waals surface area contributed by atoms with E-state index >= 15 is 0 Å². The number of hydrogen-bond donors (Lipinski definition) is 0. The van der Waals surface area contributed by atoms with E-state index in [2.05, 4.69) is 0 Å². The first-order chi connectivity index (χ1) is 8.36. The minimum absolute atomic E-state index is 0.369. The topological polar surface area (TPSA) is 26.3 Å². The molecule has 2 nitrogen and oxygen atoms in total. The van der Waals surface area contributed by atoms with Gasteiger partial charge in [0.2, 0.25) is 0 Å². The van der Waals surface area contributed by atoms with Crippen molar-refractivity contribution in [3.05, 3.63) is 0 Å². The highest BCUT2D eigenvalue weighted by Crippen LogP contribution is 2.28. The molecule has 2 aliphatic rings. The number of hydrogen-bond acceptors (Lipinski definition) is 2. The van der Waals surface area contributed by atoms with E-state index < -0.39 is 0 Å². The maximum Gasteiger partial charge on any atom is 0.138 e. The summed E-state index contributed by atoms with van der Waals surface area (Å²) in [5.41, 5.74) is 0. The highest BCUT2D eigenvalue weighted by atomic mass is 16.5. The second kappa shape index (κ2) is 7.15. The van der Waals surface area contributed by atoms with Crippen molar-refractivity contribution in [2.45, 2.75) is 64.2 Å². The molecule has 0 aromatic carbocycles. The number of rotatable bonds is 7. The third-order valence-corrected chi connectivity index (χ3v) is 4.45. The van der Waals surface area contributed by atoms with Crippen LogP contribution >= 0.6 is 0 Å². The van der Waals surface area contributed by atoms with Gasteiger partial charge in [-0.05, 0) is 25.2 Å². The third-order valence-electron chi connectivity index (χ3n) is 4.45. The van der Waals surface area contributed by atoms with Gasteiger partial charge in [-0.2, -0.15) is 0 Å². The van der Waals surface area contributed by atoms with E-state index in [9.17, 15) is 4.79 Å². The zero-order chi connectivity index (χ0) is 11.9. The lowest BCUT2D eigenvalue weighted by molar-refractivity contribution is -0.123. The van der Waals surface area contributed by atoms with Crippen LogP contribution in [0.3, 0.4) is 0 Å². The Balaban J connectivity index is 1.46. The molecule has 98 valence electrons. The molecule has 0 unspecified atom stereocenters. The summed E-state index contributed by atoms with van der Waals surface area (Å²) in [5.74, 6) is 1.72. The summed E-state index contributed by atoms with van der Waals surface area (Å²) in [7, 11) is 0. The van der Waals surface area contributed by atoms with Crippen molar-refractivity contribution in [3.63, 3.8) is 0 Å². The maximum atomic E-state index is 11.8. The van der Waals surface area contributed by atoms with E-state index in [0.717, 1.165) is 25.4 Å². The first-order valence-electron chi connectivity index (χ1n) is 7.46. The molecule has 0 aliphatic heterocycles. The van der Waals surface area contributed by atoms with Gasteiger partial charge in [-0.15, -0.1) is 0 Å². The molecule has 0 atom stereocenters. The number of carbonyl (C=O) groups is 1. The lowest BCUT2D eigenvalue weighted by atomic mass is 10.0. The highest BCUT2D eigenvalue weighted by molar-refractivity contribution is 5.81. The van der Waals surface area contributed by atoms with Gasteiger partial charge in [0.1, 0.15) is 5.78 Å². The molecular weight excluding hydrogens is 212 g/mol. The Morgan fingerprint density at radius 2 is 1.59 bits per heavy atom. The molecule has 0 aromatic heterocycles. The Hall–Kier alpha value is -0.370. The Morgan fingerprint density at radius 1 is 0.941 bits per heavy atom. The van der Waals surface area contributed by atoms with Crippen molar-refractivity contribution >= 4 is 5.78 Å². The quantitative estimate of drug-likeness (QED) is 0.632. The largest absolute Gasteiger partial charge is 0.381 e. The Morgan fingerprint density at radius 3 is 2.29 bits per heavy atom. The van der Waals surface area contributed by atoms with E-state index in [1.165, 1.54) is 44.9 Å². The summed E-state index contributed by atoms with van der Waals surface area (Å²) in [4.78, 5) is 11.8. The van der Waals surface area contributed by atoms with Crippen LogP contribution in [-0.4, -0.2) is 19.0 Å². The molecule has 0 bridgehead atoms. The molecule has 0 N–H and O–H groups in total. The standard InChI is InChI=1S/C15H26O2/c16-15(14-7-3-4-8-14)10-12-17-11-9-13-5-1-2-6-13/h13-14H,1-12H2. The molecule has 2 saturated carbocycles. The molecule has 0 saturated heterocycles. The van der Waals surface area contributed by atoms with Crippen LogP contribution in [0.4, 0.5) is 0 Å². The summed E-state index contributed by atoms with van der Waals surface area (Å²) in [6.45, 7) is 1.52. The molecule has 0 amide bonds. The Labute approximate surface area is 105 Å². The molecule has 2 aliphatic carbocycles. The van der Waals surface area contributed by atoms with Gasteiger partial charge in [0.25, 0.3) is 0 Å². The maximum absolute atomic E-state index is 11.8. The van der Waals surface area contributed by atoms with Gasteiger partial charge in [0.05, 0.1) is 6.61 Å². The zero-order valence-electron chi connectivity index (χ0n) is 11.0. The Kier molecular flexibility index (Phi) is 5.50. The second-order valence-electron chi connectivity index (χ2n) is 5.75. The zero-order valence-corrected chi connectivity index (χ0v) is 11.0. The van der Waals surface area contributed by atoms with Crippen molar-refractivity contribution in [1.29, 1.82) is 0 Å². The molecule has 2 fully saturated rings. The summed E-state index contributed by atoms with van der Waals surface area (Å²) in [6, 6.07) is 0. The minimum Gasteiger partial charge on any atom is -0.381 e. The van der Waals surface area contributed by atoms with E-state index in [-0.39, 0.29) is 0 Å². The smallest absolute Gasteiger partial charge is 0.138 e. The van der Waals surface area contributed by atoms with Crippen LogP contribution in [-0.2, 0) is 9.53 Å². The lowest BCUT2D eigenvalue weighted by Gasteiger charge is -2.10. The van der Waals surface area contributed by atoms with Gasteiger partial charge < -0.3 is 4.74 Å². The summed E-state index contributed by atoms with van der Waals surface area (Å²) < 4.78 is 5.60. The summed E-state index contributed by atoms with van der Waals surface area (Å²) >= 11 is 0. The fourth-order valence-electron chi connectivity index (χ4n) is 3.28. The number of Topliss-reactive ketones (excluding diaryl/α,β-unsaturated/α-hetero) is 1. The van der Waals surface area contributed by atoms with Crippen LogP contribution < -0.4 is 0 Å². The van der Waals surface area contributed by atoms with Crippen LogP contribution in [0.2, 0.25) is 0 Å². The van der Waals surface area contributed by atoms with Crippen molar-refractivity contribution in [2.24, 2.45) is 11.8 Å². The van der Waals surface area contributed by atoms with Crippen LogP contribution in [0.25, 0.3) is 0 Å². The molecule has 0 aromatic rings. The molecule has 0 radical (unpaired) electrons. The van der Waals surface area contributed by atoms with Gasteiger partial charge in [-0.1, -0.05) is 38.5 Å². The lowest BCUT2D eigenvalue weighted by Crippen LogP contribution is -2.14. The predicted molar refractivity (Wildman–Crippen MR) is 69.0 cm³/mol. The SMILES string of the molecule is O=C(CCOCCC1CCCC1)C1CCCC1. The molecule has 2 heteroatoms. The normalized spacial score (nSPS) is 22.4. The van der Waals surface area contributed by atoms with Gasteiger partial charge in [-0.3, -0.25) is 4.79 Å². The molecular formula is C15H26O2. The van der Waals surface area contributed by atoms with E-state index in [1.54, 1.807) is 0 Å². The average Bonchev–Trinajstić information content (AvgIpc) is 3.01.